The van der Waals surface area contributed by atoms with Crippen molar-refractivity contribution in [1.29, 1.82) is 0 Å². The van der Waals surface area contributed by atoms with Crippen molar-refractivity contribution >= 4 is 17.4 Å². The zero-order valence-corrected chi connectivity index (χ0v) is 19.5. The summed E-state index contributed by atoms with van der Waals surface area (Å²) in [5, 5.41) is 0. The molecule has 3 aromatic rings. The van der Waals surface area contributed by atoms with Gasteiger partial charge in [-0.15, -0.1) is 0 Å². The second-order valence-electron chi connectivity index (χ2n) is 8.60. The molecule has 2 heterocycles. The van der Waals surface area contributed by atoms with Crippen molar-refractivity contribution < 1.29 is 27.4 Å². The van der Waals surface area contributed by atoms with Crippen LogP contribution in [0.5, 0.6) is 5.88 Å². The molecule has 35 heavy (non-hydrogen) atoms. The summed E-state index contributed by atoms with van der Waals surface area (Å²) in [4.78, 5) is 22.3. The molecule has 1 aliphatic heterocycles. The van der Waals surface area contributed by atoms with Crippen LogP contribution < -0.4 is 4.74 Å². The quantitative estimate of drug-likeness (QED) is 0.377. The molecule has 2 atom stereocenters. The van der Waals surface area contributed by atoms with E-state index in [9.17, 15) is 18.0 Å². The maximum Gasteiger partial charge on any atom is 0.416 e. The van der Waals surface area contributed by atoms with Gasteiger partial charge in [-0.05, 0) is 44.0 Å². The SMILES string of the molecule is CC1=Nc2ccnc(OC(C)C)c2C(c2ccccc2C(F)(F)F)C1C(=O)OCc1ccccc1. The first-order valence-corrected chi connectivity index (χ1v) is 11.2. The molecule has 2 unspecified atom stereocenters. The van der Waals surface area contributed by atoms with Crippen LogP contribution in [0.2, 0.25) is 0 Å². The van der Waals surface area contributed by atoms with Crippen molar-refractivity contribution in [2.75, 3.05) is 0 Å². The van der Waals surface area contributed by atoms with E-state index in [1.54, 1.807) is 39.0 Å². The van der Waals surface area contributed by atoms with Gasteiger partial charge < -0.3 is 9.47 Å². The standard InChI is InChI=1S/C27H25F3N2O3/c1-16(2)35-25-24-21(13-14-31-25)32-17(3)22(26(33)34-15-18-9-5-4-6-10-18)23(24)19-11-7-8-12-20(19)27(28,29)30/h4-14,16,22-23H,15H2,1-3H3. The minimum atomic E-state index is -4.63. The van der Waals surface area contributed by atoms with Gasteiger partial charge in [-0.3, -0.25) is 9.79 Å². The first kappa shape index (κ1) is 24.4. The van der Waals surface area contributed by atoms with Crippen LogP contribution >= 0.6 is 0 Å². The number of pyridine rings is 1. The van der Waals surface area contributed by atoms with Crippen LogP contribution in [0.25, 0.3) is 0 Å². The minimum Gasteiger partial charge on any atom is -0.475 e. The molecule has 0 aliphatic carbocycles. The molecule has 0 saturated heterocycles. The molecule has 1 aliphatic rings. The summed E-state index contributed by atoms with van der Waals surface area (Å²) in [6.07, 6.45) is -3.42. The highest BCUT2D eigenvalue weighted by atomic mass is 19.4. The third-order valence-electron chi connectivity index (χ3n) is 5.75. The van der Waals surface area contributed by atoms with E-state index in [0.29, 0.717) is 17.0 Å². The molecular formula is C27H25F3N2O3. The lowest BCUT2D eigenvalue weighted by Gasteiger charge is -2.33. The Morgan fingerprint density at radius 2 is 1.71 bits per heavy atom. The average molecular weight is 483 g/mol. The molecule has 8 heteroatoms. The monoisotopic (exact) mass is 482 g/mol. The molecule has 0 radical (unpaired) electrons. The summed E-state index contributed by atoms with van der Waals surface area (Å²) < 4.78 is 53.7. The van der Waals surface area contributed by atoms with Crippen molar-refractivity contribution in [2.24, 2.45) is 10.9 Å². The van der Waals surface area contributed by atoms with E-state index < -0.39 is 29.5 Å². The number of halogens is 3. The Kier molecular flexibility index (Phi) is 6.91. The Labute approximate surface area is 201 Å². The lowest BCUT2D eigenvalue weighted by molar-refractivity contribution is -0.148. The minimum absolute atomic E-state index is 0.00760. The third-order valence-corrected chi connectivity index (χ3v) is 5.75. The predicted octanol–water partition coefficient (Wildman–Crippen LogP) is 6.49. The lowest BCUT2D eigenvalue weighted by Crippen LogP contribution is -2.34. The van der Waals surface area contributed by atoms with E-state index in [0.717, 1.165) is 11.6 Å². The summed E-state index contributed by atoms with van der Waals surface area (Å²) in [5.74, 6) is -2.65. The highest BCUT2D eigenvalue weighted by Crippen LogP contribution is 2.49. The number of rotatable bonds is 6. The van der Waals surface area contributed by atoms with E-state index >= 15 is 0 Å². The zero-order chi connectivity index (χ0) is 25.2. The number of hydrogen-bond donors (Lipinski definition) is 0. The molecule has 0 spiro atoms. The Morgan fingerprint density at radius 1 is 1.03 bits per heavy atom. The van der Waals surface area contributed by atoms with Crippen molar-refractivity contribution in [3.05, 3.63) is 89.1 Å². The predicted molar refractivity (Wildman–Crippen MR) is 126 cm³/mol. The van der Waals surface area contributed by atoms with Crippen LogP contribution in [0.15, 0.2) is 71.9 Å². The topological polar surface area (TPSA) is 60.8 Å². The second-order valence-corrected chi connectivity index (χ2v) is 8.60. The molecule has 5 nitrogen and oxygen atoms in total. The van der Waals surface area contributed by atoms with Crippen LogP contribution in [0.4, 0.5) is 18.9 Å². The summed E-state index contributed by atoms with van der Waals surface area (Å²) >= 11 is 0. The van der Waals surface area contributed by atoms with Crippen LogP contribution in [0, 0.1) is 5.92 Å². The van der Waals surface area contributed by atoms with E-state index in [2.05, 4.69) is 9.98 Å². The molecule has 4 rings (SSSR count). The summed E-state index contributed by atoms with van der Waals surface area (Å²) in [6, 6.07) is 16.0. The zero-order valence-electron chi connectivity index (χ0n) is 19.5. The fraction of sp³-hybridized carbons (Fsp3) is 0.296. The number of nitrogens with zero attached hydrogens (tertiary/aromatic N) is 2. The van der Waals surface area contributed by atoms with E-state index in [4.69, 9.17) is 9.47 Å². The van der Waals surface area contributed by atoms with Gasteiger partial charge in [0.15, 0.2) is 0 Å². The fourth-order valence-electron chi connectivity index (χ4n) is 4.31. The van der Waals surface area contributed by atoms with E-state index in [-0.39, 0.29) is 24.2 Å². The average Bonchev–Trinajstić information content (AvgIpc) is 2.81. The molecule has 2 aromatic carbocycles. The summed E-state index contributed by atoms with van der Waals surface area (Å²) in [6.45, 7) is 5.21. The number of esters is 1. The maximum atomic E-state index is 14.1. The number of carbonyl (C=O) groups is 1. The number of hydrogen-bond acceptors (Lipinski definition) is 5. The first-order chi connectivity index (χ1) is 16.7. The normalized spacial score (nSPS) is 17.5. The van der Waals surface area contributed by atoms with Crippen molar-refractivity contribution in [1.82, 2.24) is 4.98 Å². The van der Waals surface area contributed by atoms with Gasteiger partial charge in [-0.2, -0.15) is 13.2 Å². The summed E-state index contributed by atoms with van der Waals surface area (Å²) in [5.41, 5.74) is 1.00. The van der Waals surface area contributed by atoms with E-state index in [1.165, 1.54) is 24.4 Å². The van der Waals surface area contributed by atoms with Gasteiger partial charge in [0.25, 0.3) is 0 Å². The largest absolute Gasteiger partial charge is 0.475 e. The van der Waals surface area contributed by atoms with Crippen LogP contribution in [-0.2, 0) is 22.3 Å². The van der Waals surface area contributed by atoms with E-state index in [1.807, 2.05) is 18.2 Å². The molecule has 1 aromatic heterocycles. The number of fused-ring (bicyclic) bond motifs is 1. The number of alkyl halides is 3. The Balaban J connectivity index is 1.86. The number of benzene rings is 2. The molecule has 0 saturated carbocycles. The third kappa shape index (κ3) is 5.21. The van der Waals surface area contributed by atoms with Crippen molar-refractivity contribution in [3.8, 4) is 5.88 Å². The number of ether oxygens (including phenoxy) is 2. The summed E-state index contributed by atoms with van der Waals surface area (Å²) in [7, 11) is 0. The van der Waals surface area contributed by atoms with Gasteiger partial charge in [-0.1, -0.05) is 48.5 Å². The lowest BCUT2D eigenvalue weighted by atomic mass is 9.74. The van der Waals surface area contributed by atoms with Gasteiger partial charge in [0.05, 0.1) is 17.4 Å². The van der Waals surface area contributed by atoms with Crippen molar-refractivity contribution in [2.45, 2.75) is 45.6 Å². The van der Waals surface area contributed by atoms with Crippen molar-refractivity contribution in [3.63, 3.8) is 0 Å². The van der Waals surface area contributed by atoms with Gasteiger partial charge in [0, 0.05) is 23.4 Å². The number of aliphatic imine (C=N–C) groups is 1. The van der Waals surface area contributed by atoms with Gasteiger partial charge in [0.1, 0.15) is 12.5 Å². The molecular weight excluding hydrogens is 457 g/mol. The van der Waals surface area contributed by atoms with Crippen LogP contribution in [-0.4, -0.2) is 22.8 Å². The highest BCUT2D eigenvalue weighted by molar-refractivity contribution is 6.05. The molecule has 0 fully saturated rings. The fourth-order valence-corrected chi connectivity index (χ4v) is 4.31. The first-order valence-electron chi connectivity index (χ1n) is 11.2. The van der Waals surface area contributed by atoms with Crippen LogP contribution in [0.3, 0.4) is 0 Å². The van der Waals surface area contributed by atoms with Gasteiger partial charge in [0.2, 0.25) is 5.88 Å². The molecule has 182 valence electrons. The second kappa shape index (κ2) is 9.90. The Bertz CT molecular complexity index is 1240. The smallest absolute Gasteiger partial charge is 0.416 e. The number of aromatic nitrogens is 1. The molecule has 0 amide bonds. The van der Waals surface area contributed by atoms with Gasteiger partial charge >= 0.3 is 12.1 Å². The maximum absolute atomic E-state index is 14.1. The highest BCUT2D eigenvalue weighted by Gasteiger charge is 2.45. The van der Waals surface area contributed by atoms with Crippen LogP contribution in [0.1, 0.15) is 48.9 Å². The molecule has 0 bridgehead atoms. The van der Waals surface area contributed by atoms with Gasteiger partial charge in [-0.25, -0.2) is 4.98 Å². The number of carbonyl (C=O) groups excluding carboxylic acids is 1. The molecule has 0 N–H and O–H groups in total. The Morgan fingerprint density at radius 3 is 2.40 bits per heavy atom. The Hall–Kier alpha value is -3.68.